The first-order valence-electron chi connectivity index (χ1n) is 5.66. The maximum Gasteiger partial charge on any atom is 0.290 e. The molecule has 0 unspecified atom stereocenters. The highest BCUT2D eigenvalue weighted by Crippen LogP contribution is 2.05. The highest BCUT2D eigenvalue weighted by atomic mass is 16.3. The molecule has 1 rings (SSSR count). The Morgan fingerprint density at radius 1 is 1.47 bits per heavy atom. The van der Waals surface area contributed by atoms with Crippen LogP contribution < -0.4 is 5.32 Å². The molecule has 0 aliphatic rings. The molecule has 0 bridgehead atoms. The smallest absolute Gasteiger partial charge is 0.290 e. The van der Waals surface area contributed by atoms with Gasteiger partial charge in [0.15, 0.2) is 5.76 Å². The summed E-state index contributed by atoms with van der Waals surface area (Å²) in [6.45, 7) is 6.09. The third-order valence-electron chi connectivity index (χ3n) is 2.19. The minimum Gasteiger partial charge on any atom is -0.459 e. The van der Waals surface area contributed by atoms with E-state index in [0.717, 1.165) is 0 Å². The van der Waals surface area contributed by atoms with Gasteiger partial charge in [0, 0.05) is 12.6 Å². The summed E-state index contributed by atoms with van der Waals surface area (Å²) in [7, 11) is 0. The number of carbonyl (C=O) groups excluding carboxylic acids is 2. The van der Waals surface area contributed by atoms with Crippen LogP contribution in [0.3, 0.4) is 0 Å². The Hall–Kier alpha value is -1.78. The topological polar surface area (TPSA) is 62.6 Å². The lowest BCUT2D eigenvalue weighted by molar-refractivity contribution is -0.122. The van der Waals surface area contributed by atoms with E-state index in [1.807, 2.05) is 20.8 Å². The minimum atomic E-state index is -0.267. The van der Waals surface area contributed by atoms with Crippen molar-refractivity contribution in [3.05, 3.63) is 24.2 Å². The summed E-state index contributed by atoms with van der Waals surface area (Å²) in [5.74, 6) is -0.178. The van der Waals surface area contributed by atoms with Gasteiger partial charge in [0.1, 0.15) is 0 Å². The van der Waals surface area contributed by atoms with E-state index in [-0.39, 0.29) is 30.2 Å². The van der Waals surface area contributed by atoms with Crippen LogP contribution in [-0.2, 0) is 4.79 Å². The van der Waals surface area contributed by atoms with Gasteiger partial charge in [-0.1, -0.05) is 0 Å². The number of hydrogen-bond donors (Lipinski definition) is 1. The number of furan rings is 1. The second kappa shape index (κ2) is 6.08. The molecular weight excluding hydrogens is 220 g/mol. The molecule has 17 heavy (non-hydrogen) atoms. The van der Waals surface area contributed by atoms with Crippen molar-refractivity contribution in [2.45, 2.75) is 26.8 Å². The monoisotopic (exact) mass is 238 g/mol. The van der Waals surface area contributed by atoms with E-state index in [9.17, 15) is 9.59 Å². The molecule has 0 aromatic carbocycles. The molecule has 0 spiro atoms. The minimum absolute atomic E-state index is 0.0498. The van der Waals surface area contributed by atoms with Crippen LogP contribution in [0.5, 0.6) is 0 Å². The Bertz CT molecular complexity index is 371. The molecule has 5 heteroatoms. The van der Waals surface area contributed by atoms with Crippen LogP contribution in [-0.4, -0.2) is 35.8 Å². The summed E-state index contributed by atoms with van der Waals surface area (Å²) in [4.78, 5) is 24.9. The van der Waals surface area contributed by atoms with Gasteiger partial charge in [-0.3, -0.25) is 9.59 Å². The number of rotatable bonds is 5. The first-order chi connectivity index (χ1) is 8.04. The largest absolute Gasteiger partial charge is 0.459 e. The lowest BCUT2D eigenvalue weighted by Gasteiger charge is -2.19. The van der Waals surface area contributed by atoms with Crippen molar-refractivity contribution in [2.75, 3.05) is 13.1 Å². The average molecular weight is 238 g/mol. The van der Waals surface area contributed by atoms with Gasteiger partial charge in [-0.05, 0) is 32.9 Å². The van der Waals surface area contributed by atoms with Crippen molar-refractivity contribution in [3.8, 4) is 0 Å². The fourth-order valence-electron chi connectivity index (χ4n) is 1.42. The first kappa shape index (κ1) is 13.3. The predicted molar refractivity (Wildman–Crippen MR) is 63.6 cm³/mol. The maximum absolute atomic E-state index is 11.9. The molecule has 0 aliphatic carbocycles. The van der Waals surface area contributed by atoms with Crippen LogP contribution >= 0.6 is 0 Å². The zero-order chi connectivity index (χ0) is 12.8. The lowest BCUT2D eigenvalue weighted by atomic mass is 10.3. The molecule has 5 nitrogen and oxygen atoms in total. The molecule has 0 aliphatic heterocycles. The van der Waals surface area contributed by atoms with Crippen molar-refractivity contribution in [1.82, 2.24) is 10.2 Å². The van der Waals surface area contributed by atoms with Gasteiger partial charge < -0.3 is 14.6 Å². The number of nitrogens with one attached hydrogen (secondary N) is 1. The fraction of sp³-hybridized carbons (Fsp3) is 0.500. The zero-order valence-electron chi connectivity index (χ0n) is 10.4. The molecule has 0 radical (unpaired) electrons. The molecule has 1 N–H and O–H groups in total. The predicted octanol–water partition coefficient (Wildman–Crippen LogP) is 1.27. The van der Waals surface area contributed by atoms with Crippen LogP contribution in [0.1, 0.15) is 31.3 Å². The number of nitrogens with zero attached hydrogens (tertiary/aromatic N) is 1. The molecule has 1 aromatic rings. The number of likely N-dealkylation sites (N-methyl/N-ethyl adjacent to an activating group) is 1. The number of amides is 2. The lowest BCUT2D eigenvalue weighted by Crippen LogP contribution is -2.42. The summed E-state index contributed by atoms with van der Waals surface area (Å²) in [5.41, 5.74) is 0. The van der Waals surface area contributed by atoms with Crippen LogP contribution in [0.15, 0.2) is 22.8 Å². The van der Waals surface area contributed by atoms with Crippen molar-refractivity contribution in [1.29, 1.82) is 0 Å². The van der Waals surface area contributed by atoms with Crippen LogP contribution in [0.2, 0.25) is 0 Å². The van der Waals surface area contributed by atoms with Gasteiger partial charge in [-0.15, -0.1) is 0 Å². The Balaban J connectivity index is 2.60. The Morgan fingerprint density at radius 3 is 2.65 bits per heavy atom. The van der Waals surface area contributed by atoms with E-state index in [4.69, 9.17) is 4.42 Å². The average Bonchev–Trinajstić information content (AvgIpc) is 2.77. The molecule has 0 saturated heterocycles. The van der Waals surface area contributed by atoms with Crippen molar-refractivity contribution in [3.63, 3.8) is 0 Å². The van der Waals surface area contributed by atoms with Crippen molar-refractivity contribution >= 4 is 11.8 Å². The van der Waals surface area contributed by atoms with E-state index in [2.05, 4.69) is 5.32 Å². The van der Waals surface area contributed by atoms with E-state index in [0.29, 0.717) is 6.54 Å². The highest BCUT2D eigenvalue weighted by Gasteiger charge is 2.19. The quantitative estimate of drug-likeness (QED) is 0.840. The highest BCUT2D eigenvalue weighted by molar-refractivity contribution is 5.94. The molecule has 2 amide bonds. The molecule has 0 atom stereocenters. The van der Waals surface area contributed by atoms with E-state index >= 15 is 0 Å². The van der Waals surface area contributed by atoms with Gasteiger partial charge in [0.05, 0.1) is 12.8 Å². The van der Waals surface area contributed by atoms with Crippen molar-refractivity contribution in [2.24, 2.45) is 0 Å². The maximum atomic E-state index is 11.9. The Kier molecular flexibility index (Phi) is 4.75. The fourth-order valence-corrected chi connectivity index (χ4v) is 1.42. The third-order valence-corrected chi connectivity index (χ3v) is 2.19. The summed E-state index contributed by atoms with van der Waals surface area (Å²) >= 11 is 0. The Morgan fingerprint density at radius 2 is 2.18 bits per heavy atom. The molecule has 94 valence electrons. The third kappa shape index (κ3) is 3.94. The standard InChI is InChI=1S/C12H18N2O3/c1-4-14(8-11(15)13-9(2)3)12(16)10-6-5-7-17-10/h5-7,9H,4,8H2,1-3H3,(H,13,15). The molecular formula is C12H18N2O3. The number of carbonyl (C=O) groups is 2. The van der Waals surface area contributed by atoms with E-state index < -0.39 is 0 Å². The number of hydrogen-bond acceptors (Lipinski definition) is 3. The van der Waals surface area contributed by atoms with E-state index in [1.54, 1.807) is 12.1 Å². The zero-order valence-corrected chi connectivity index (χ0v) is 10.4. The molecule has 0 saturated carbocycles. The molecule has 1 heterocycles. The van der Waals surface area contributed by atoms with Crippen LogP contribution in [0.4, 0.5) is 0 Å². The normalized spacial score (nSPS) is 10.4. The van der Waals surface area contributed by atoms with E-state index in [1.165, 1.54) is 11.2 Å². The van der Waals surface area contributed by atoms with Crippen LogP contribution in [0.25, 0.3) is 0 Å². The molecule has 1 aromatic heterocycles. The van der Waals surface area contributed by atoms with Gasteiger partial charge in [0.2, 0.25) is 5.91 Å². The van der Waals surface area contributed by atoms with Gasteiger partial charge in [-0.25, -0.2) is 0 Å². The van der Waals surface area contributed by atoms with Crippen LogP contribution in [0, 0.1) is 0 Å². The summed E-state index contributed by atoms with van der Waals surface area (Å²) in [6, 6.07) is 3.31. The van der Waals surface area contributed by atoms with Gasteiger partial charge in [0.25, 0.3) is 5.91 Å². The molecule has 0 fully saturated rings. The van der Waals surface area contributed by atoms with Gasteiger partial charge in [-0.2, -0.15) is 0 Å². The Labute approximate surface area is 101 Å². The second-order valence-corrected chi connectivity index (χ2v) is 4.02. The summed E-state index contributed by atoms with van der Waals surface area (Å²) in [5, 5.41) is 2.74. The van der Waals surface area contributed by atoms with Gasteiger partial charge >= 0.3 is 0 Å². The summed E-state index contributed by atoms with van der Waals surface area (Å²) in [6.07, 6.45) is 1.44. The summed E-state index contributed by atoms with van der Waals surface area (Å²) < 4.78 is 5.02. The SMILES string of the molecule is CCN(CC(=O)NC(C)C)C(=O)c1ccco1. The first-order valence-corrected chi connectivity index (χ1v) is 5.66. The second-order valence-electron chi connectivity index (χ2n) is 4.02. The van der Waals surface area contributed by atoms with Crippen molar-refractivity contribution < 1.29 is 14.0 Å².